The molecule has 0 bridgehead atoms. The fourth-order valence-electron chi connectivity index (χ4n) is 2.44. The number of carbonyl (C=O) groups excluding carboxylic acids is 2. The molecule has 0 spiro atoms. The maximum atomic E-state index is 12.5. The van der Waals surface area contributed by atoms with E-state index in [1.165, 1.54) is 12.3 Å². The third-order valence-corrected chi connectivity index (χ3v) is 3.66. The second-order valence-electron chi connectivity index (χ2n) is 5.34. The van der Waals surface area contributed by atoms with E-state index in [-0.39, 0.29) is 23.7 Å². The molecule has 2 aromatic carbocycles. The molecule has 118 valence electrons. The molecule has 3 aromatic rings. The average molecular weight is 316 g/mol. The lowest BCUT2D eigenvalue weighted by Crippen LogP contribution is -2.03. The van der Waals surface area contributed by atoms with Gasteiger partial charge in [0.1, 0.15) is 0 Å². The van der Waals surface area contributed by atoms with Crippen molar-refractivity contribution in [2.45, 2.75) is 6.42 Å². The highest BCUT2D eigenvalue weighted by Crippen LogP contribution is 2.22. The summed E-state index contributed by atoms with van der Waals surface area (Å²) in [6.45, 7) is 0. The Balaban J connectivity index is 1.91. The van der Waals surface area contributed by atoms with Gasteiger partial charge in [0.2, 0.25) is 5.78 Å². The largest absolute Gasteiger partial charge is 0.461 e. The topological polar surface area (TPSA) is 47.3 Å². The van der Waals surface area contributed by atoms with Crippen LogP contribution in [0, 0.1) is 0 Å². The third-order valence-electron chi connectivity index (χ3n) is 3.66. The van der Waals surface area contributed by atoms with Gasteiger partial charge in [-0.05, 0) is 29.3 Å². The first-order chi connectivity index (χ1) is 11.7. The van der Waals surface area contributed by atoms with E-state index >= 15 is 0 Å². The van der Waals surface area contributed by atoms with Crippen LogP contribution in [-0.4, -0.2) is 11.6 Å². The van der Waals surface area contributed by atoms with E-state index in [0.717, 1.165) is 5.56 Å². The van der Waals surface area contributed by atoms with Gasteiger partial charge >= 0.3 is 0 Å². The Morgan fingerprint density at radius 2 is 1.42 bits per heavy atom. The molecule has 0 atom stereocenters. The zero-order chi connectivity index (χ0) is 16.8. The van der Waals surface area contributed by atoms with Crippen molar-refractivity contribution in [3.05, 3.63) is 102 Å². The minimum Gasteiger partial charge on any atom is -0.461 e. The lowest BCUT2D eigenvalue weighted by atomic mass is 9.96. The van der Waals surface area contributed by atoms with Crippen molar-refractivity contribution in [2.24, 2.45) is 0 Å². The number of ketones is 2. The van der Waals surface area contributed by atoms with E-state index in [1.54, 1.807) is 24.3 Å². The van der Waals surface area contributed by atoms with Crippen LogP contribution in [0.4, 0.5) is 0 Å². The van der Waals surface area contributed by atoms with Crippen LogP contribution in [0.2, 0.25) is 0 Å². The number of carbonyl (C=O) groups is 2. The molecule has 0 aliphatic carbocycles. The SMILES string of the molecule is O=C(C/C(=C\C(=O)c1ccco1)c1ccccc1)c1ccccc1. The van der Waals surface area contributed by atoms with Crippen molar-refractivity contribution in [3.63, 3.8) is 0 Å². The number of hydrogen-bond donors (Lipinski definition) is 0. The molecule has 1 heterocycles. The van der Waals surface area contributed by atoms with E-state index in [2.05, 4.69) is 0 Å². The van der Waals surface area contributed by atoms with Crippen molar-refractivity contribution >= 4 is 17.1 Å². The summed E-state index contributed by atoms with van der Waals surface area (Å²) in [6.07, 6.45) is 3.09. The molecule has 0 saturated heterocycles. The van der Waals surface area contributed by atoms with Crippen molar-refractivity contribution in [2.75, 3.05) is 0 Å². The van der Waals surface area contributed by atoms with E-state index in [9.17, 15) is 9.59 Å². The quantitative estimate of drug-likeness (QED) is 0.484. The van der Waals surface area contributed by atoms with Crippen LogP contribution >= 0.6 is 0 Å². The summed E-state index contributed by atoms with van der Waals surface area (Å²) in [6, 6.07) is 21.8. The van der Waals surface area contributed by atoms with Crippen LogP contribution < -0.4 is 0 Å². The van der Waals surface area contributed by atoms with Gasteiger partial charge < -0.3 is 4.42 Å². The summed E-state index contributed by atoms with van der Waals surface area (Å²) in [5.74, 6) is -0.0201. The molecule has 0 aliphatic heterocycles. The van der Waals surface area contributed by atoms with Crippen LogP contribution in [0.15, 0.2) is 89.6 Å². The molecule has 1 aromatic heterocycles. The van der Waals surface area contributed by atoms with Gasteiger partial charge in [-0.3, -0.25) is 9.59 Å². The number of Topliss-reactive ketones (excluding diaryl/α,β-unsaturated/α-hetero) is 1. The van der Waals surface area contributed by atoms with Gasteiger partial charge in [-0.25, -0.2) is 0 Å². The van der Waals surface area contributed by atoms with Gasteiger partial charge in [0.15, 0.2) is 11.5 Å². The summed E-state index contributed by atoms with van der Waals surface area (Å²) < 4.78 is 5.14. The van der Waals surface area contributed by atoms with Gasteiger partial charge in [-0.1, -0.05) is 60.7 Å². The van der Waals surface area contributed by atoms with Gasteiger partial charge in [0.25, 0.3) is 0 Å². The highest BCUT2D eigenvalue weighted by Gasteiger charge is 2.14. The fraction of sp³-hybridized carbons (Fsp3) is 0.0476. The van der Waals surface area contributed by atoms with Gasteiger partial charge in [0.05, 0.1) is 6.26 Å². The van der Waals surface area contributed by atoms with Crippen LogP contribution in [0.5, 0.6) is 0 Å². The molecule has 0 saturated carbocycles. The first kappa shape index (κ1) is 15.7. The number of allylic oxidation sites excluding steroid dienone is 2. The standard InChI is InChI=1S/C21H16O3/c22-19(17-10-5-2-6-11-17)14-18(16-8-3-1-4-9-16)15-20(23)21-12-7-13-24-21/h1-13,15H,14H2/b18-15+. The lowest BCUT2D eigenvalue weighted by Gasteiger charge is -2.07. The summed E-state index contributed by atoms with van der Waals surface area (Å²) in [7, 11) is 0. The highest BCUT2D eigenvalue weighted by molar-refractivity contribution is 6.10. The first-order valence-electron chi connectivity index (χ1n) is 7.66. The Morgan fingerprint density at radius 1 is 0.792 bits per heavy atom. The average Bonchev–Trinajstić information content (AvgIpc) is 3.17. The Hall–Kier alpha value is -3.20. The fourth-order valence-corrected chi connectivity index (χ4v) is 2.44. The molecule has 3 rings (SSSR count). The Bertz CT molecular complexity index is 845. The lowest BCUT2D eigenvalue weighted by molar-refractivity contribution is 0.0998. The third kappa shape index (κ3) is 3.76. The second kappa shape index (κ2) is 7.38. The molecule has 0 aliphatic rings. The summed E-state index contributed by atoms with van der Waals surface area (Å²) in [5.41, 5.74) is 2.15. The van der Waals surface area contributed by atoms with Gasteiger partial charge in [-0.15, -0.1) is 0 Å². The second-order valence-corrected chi connectivity index (χ2v) is 5.34. The first-order valence-corrected chi connectivity index (χ1v) is 7.66. The predicted molar refractivity (Wildman–Crippen MR) is 92.8 cm³/mol. The van der Waals surface area contributed by atoms with Crippen LogP contribution in [0.3, 0.4) is 0 Å². The van der Waals surface area contributed by atoms with Crippen molar-refractivity contribution in [1.29, 1.82) is 0 Å². The van der Waals surface area contributed by atoms with E-state index in [0.29, 0.717) is 11.1 Å². The molecular formula is C21H16O3. The zero-order valence-electron chi connectivity index (χ0n) is 13.0. The molecule has 3 nitrogen and oxygen atoms in total. The van der Waals surface area contributed by atoms with Crippen molar-refractivity contribution < 1.29 is 14.0 Å². The number of benzene rings is 2. The van der Waals surface area contributed by atoms with Crippen molar-refractivity contribution in [1.82, 2.24) is 0 Å². The Labute approximate surface area is 140 Å². The van der Waals surface area contributed by atoms with Crippen LogP contribution in [0.25, 0.3) is 5.57 Å². The number of furan rings is 1. The molecule has 0 amide bonds. The molecule has 0 fully saturated rings. The van der Waals surface area contributed by atoms with E-state index < -0.39 is 0 Å². The predicted octanol–water partition coefficient (Wildman–Crippen LogP) is 4.82. The summed E-state index contributed by atoms with van der Waals surface area (Å²) >= 11 is 0. The molecule has 0 N–H and O–H groups in total. The van der Waals surface area contributed by atoms with Crippen molar-refractivity contribution in [3.8, 4) is 0 Å². The van der Waals surface area contributed by atoms with Crippen LogP contribution in [-0.2, 0) is 0 Å². The van der Waals surface area contributed by atoms with Gasteiger partial charge in [-0.2, -0.15) is 0 Å². The molecule has 0 radical (unpaired) electrons. The number of rotatable bonds is 6. The zero-order valence-corrected chi connectivity index (χ0v) is 13.0. The monoisotopic (exact) mass is 316 g/mol. The summed E-state index contributed by atoms with van der Waals surface area (Å²) in [5, 5.41) is 0. The molecule has 0 unspecified atom stereocenters. The minimum atomic E-state index is -0.250. The maximum Gasteiger partial charge on any atom is 0.221 e. The van der Waals surface area contributed by atoms with E-state index in [4.69, 9.17) is 4.42 Å². The smallest absolute Gasteiger partial charge is 0.221 e. The minimum absolute atomic E-state index is 0.0297. The van der Waals surface area contributed by atoms with E-state index in [1.807, 2.05) is 48.5 Å². The highest BCUT2D eigenvalue weighted by atomic mass is 16.3. The molecular weight excluding hydrogens is 300 g/mol. The van der Waals surface area contributed by atoms with Crippen LogP contribution in [0.1, 0.15) is 32.9 Å². The Morgan fingerprint density at radius 3 is 2.00 bits per heavy atom. The molecule has 3 heteroatoms. The summed E-state index contributed by atoms with van der Waals surface area (Å²) in [4.78, 5) is 24.8. The molecule has 24 heavy (non-hydrogen) atoms. The number of hydrogen-bond acceptors (Lipinski definition) is 3. The van der Waals surface area contributed by atoms with Gasteiger partial charge in [0, 0.05) is 12.0 Å². The maximum absolute atomic E-state index is 12.5. The normalized spacial score (nSPS) is 11.2. The Kier molecular flexibility index (Phi) is 4.82.